The van der Waals surface area contributed by atoms with Crippen molar-refractivity contribution in [3.05, 3.63) is 95.1 Å². The van der Waals surface area contributed by atoms with Gasteiger partial charge in [-0.05, 0) is 43.7 Å². The minimum absolute atomic E-state index is 0.00690. The normalized spacial score (nSPS) is 18.1. The predicted octanol–water partition coefficient (Wildman–Crippen LogP) is 4.06. The summed E-state index contributed by atoms with van der Waals surface area (Å²) in [6, 6.07) is 22.0. The van der Waals surface area contributed by atoms with Gasteiger partial charge in [-0.2, -0.15) is 0 Å². The highest BCUT2D eigenvalue weighted by molar-refractivity contribution is 5.67. The first kappa shape index (κ1) is 20.8. The van der Waals surface area contributed by atoms with Crippen LogP contribution in [-0.2, 0) is 0 Å². The van der Waals surface area contributed by atoms with Crippen LogP contribution in [0.5, 0.6) is 17.2 Å². The van der Waals surface area contributed by atoms with Crippen LogP contribution in [0, 0.1) is 6.92 Å². The van der Waals surface area contributed by atoms with E-state index in [-0.39, 0.29) is 18.0 Å². The van der Waals surface area contributed by atoms with Gasteiger partial charge >= 0.3 is 0 Å². The molecule has 5 nitrogen and oxygen atoms in total. The number of rotatable bonds is 6. The fraction of sp³-hybridized carbons (Fsp3) is 0.231. The van der Waals surface area contributed by atoms with Crippen LogP contribution in [-0.4, -0.2) is 18.8 Å². The molecule has 0 radical (unpaired) electrons. The molecule has 0 spiro atoms. The highest BCUT2D eigenvalue weighted by Crippen LogP contribution is 2.35. The largest absolute Gasteiger partial charge is 0.504 e. The van der Waals surface area contributed by atoms with Crippen LogP contribution in [0.2, 0.25) is 0 Å². The molecule has 5 heteroatoms. The van der Waals surface area contributed by atoms with Crippen LogP contribution in [0.25, 0.3) is 5.70 Å². The standard InChI is InChI=1S/C26H28N2O3/c1-4-31-24-14-8-13-21(25(24)29)23-16-22(18-10-7-11-19(15-18)30-3)27-26(28-23)20-12-6-5-9-17(20)2/h5-16,23,26-29H,4H2,1-3H3/p+1. The molecular formula is C26H29N2O3+. The van der Waals surface area contributed by atoms with E-state index in [9.17, 15) is 5.11 Å². The number of hydrogen-bond acceptors (Lipinski definition) is 4. The first-order chi connectivity index (χ1) is 15.1. The van der Waals surface area contributed by atoms with Crippen molar-refractivity contribution >= 4 is 5.70 Å². The van der Waals surface area contributed by atoms with Gasteiger partial charge in [-0.1, -0.05) is 42.5 Å². The monoisotopic (exact) mass is 417 g/mol. The number of ether oxygens (including phenoxy) is 2. The molecule has 3 aromatic rings. The van der Waals surface area contributed by atoms with E-state index in [1.165, 1.54) is 11.1 Å². The molecule has 1 aliphatic rings. The van der Waals surface area contributed by atoms with Gasteiger partial charge in [0.05, 0.1) is 19.3 Å². The zero-order valence-electron chi connectivity index (χ0n) is 18.1. The fourth-order valence-electron chi connectivity index (χ4n) is 4.07. The number of benzene rings is 3. The lowest BCUT2D eigenvalue weighted by Gasteiger charge is -2.31. The van der Waals surface area contributed by atoms with E-state index in [1.54, 1.807) is 13.2 Å². The second-order valence-corrected chi connectivity index (χ2v) is 7.64. The number of quaternary nitrogens is 1. The first-order valence-electron chi connectivity index (χ1n) is 10.6. The predicted molar refractivity (Wildman–Crippen MR) is 122 cm³/mol. The number of phenols is 1. The van der Waals surface area contributed by atoms with Crippen molar-refractivity contribution in [2.24, 2.45) is 0 Å². The molecule has 2 atom stereocenters. The Balaban J connectivity index is 1.79. The lowest BCUT2D eigenvalue weighted by molar-refractivity contribution is -0.731. The van der Waals surface area contributed by atoms with Crippen LogP contribution in [0.15, 0.2) is 72.8 Å². The van der Waals surface area contributed by atoms with Crippen LogP contribution in [0.4, 0.5) is 0 Å². The molecule has 160 valence electrons. The van der Waals surface area contributed by atoms with Crippen LogP contribution in [0.1, 0.15) is 41.4 Å². The molecule has 0 aromatic heterocycles. The van der Waals surface area contributed by atoms with Gasteiger partial charge in [0.1, 0.15) is 11.8 Å². The zero-order chi connectivity index (χ0) is 21.8. The molecule has 0 bridgehead atoms. The topological polar surface area (TPSA) is 67.3 Å². The van der Waals surface area contributed by atoms with Crippen LogP contribution < -0.4 is 20.1 Å². The maximum absolute atomic E-state index is 10.9. The Morgan fingerprint density at radius 3 is 2.55 bits per heavy atom. The summed E-state index contributed by atoms with van der Waals surface area (Å²) in [5.41, 5.74) is 5.29. The maximum Gasteiger partial charge on any atom is 0.186 e. The second-order valence-electron chi connectivity index (χ2n) is 7.64. The van der Waals surface area contributed by atoms with Crippen molar-refractivity contribution in [3.8, 4) is 17.2 Å². The number of phenolic OH excluding ortho intramolecular Hbond substituents is 1. The summed E-state index contributed by atoms with van der Waals surface area (Å²) in [6.07, 6.45) is 2.14. The third-order valence-corrected chi connectivity index (χ3v) is 5.65. The van der Waals surface area contributed by atoms with Gasteiger partial charge in [0.2, 0.25) is 0 Å². The molecule has 1 aliphatic heterocycles. The van der Waals surface area contributed by atoms with Gasteiger partial charge in [-0.25, -0.2) is 0 Å². The summed E-state index contributed by atoms with van der Waals surface area (Å²) < 4.78 is 11.1. The Hall–Kier alpha value is -3.44. The van der Waals surface area contributed by atoms with E-state index in [4.69, 9.17) is 9.47 Å². The zero-order valence-corrected chi connectivity index (χ0v) is 18.1. The van der Waals surface area contributed by atoms with E-state index in [0.717, 1.165) is 22.6 Å². The van der Waals surface area contributed by atoms with Gasteiger partial charge in [0.15, 0.2) is 17.7 Å². The molecule has 4 N–H and O–H groups in total. The quantitative estimate of drug-likeness (QED) is 0.566. The van der Waals surface area contributed by atoms with Gasteiger partial charge in [0.25, 0.3) is 0 Å². The number of aryl methyl sites for hydroxylation is 1. The Morgan fingerprint density at radius 2 is 1.77 bits per heavy atom. The Morgan fingerprint density at radius 1 is 1.00 bits per heavy atom. The Bertz CT molecular complexity index is 1090. The number of aromatic hydroxyl groups is 1. The van der Waals surface area contributed by atoms with E-state index in [0.29, 0.717) is 12.4 Å². The van der Waals surface area contributed by atoms with Crippen LogP contribution in [0.3, 0.4) is 0 Å². The first-order valence-corrected chi connectivity index (χ1v) is 10.6. The molecule has 31 heavy (non-hydrogen) atoms. The van der Waals surface area contributed by atoms with E-state index in [1.807, 2.05) is 37.3 Å². The van der Waals surface area contributed by atoms with Gasteiger partial charge < -0.3 is 25.2 Å². The van der Waals surface area contributed by atoms with E-state index >= 15 is 0 Å². The highest BCUT2D eigenvalue weighted by atomic mass is 16.5. The third kappa shape index (κ3) is 4.37. The Kier molecular flexibility index (Phi) is 6.14. The number of hydrogen-bond donors (Lipinski definition) is 3. The minimum Gasteiger partial charge on any atom is -0.504 e. The summed E-state index contributed by atoms with van der Waals surface area (Å²) in [4.78, 5) is 0. The number of nitrogens with two attached hydrogens (primary N) is 1. The molecule has 4 rings (SSSR count). The molecule has 1 heterocycles. The second kappa shape index (κ2) is 9.14. The molecule has 0 aliphatic carbocycles. The average Bonchev–Trinajstić information content (AvgIpc) is 2.80. The minimum atomic E-state index is -0.0903. The SMILES string of the molecule is CCOc1cccc(C2C=C(c3cccc(OC)c3)NC(c3ccccc3C)[NH2+]2)c1O. The Labute approximate surface area is 183 Å². The smallest absolute Gasteiger partial charge is 0.186 e. The molecular weight excluding hydrogens is 388 g/mol. The van der Waals surface area contributed by atoms with Crippen molar-refractivity contribution < 1.29 is 19.9 Å². The molecule has 0 fully saturated rings. The molecule has 2 unspecified atom stereocenters. The molecule has 0 saturated heterocycles. The summed E-state index contributed by atoms with van der Waals surface area (Å²) in [5.74, 6) is 1.51. The van der Waals surface area contributed by atoms with Crippen molar-refractivity contribution in [3.63, 3.8) is 0 Å². The molecule has 3 aromatic carbocycles. The fourth-order valence-corrected chi connectivity index (χ4v) is 4.07. The molecule has 0 amide bonds. The highest BCUT2D eigenvalue weighted by Gasteiger charge is 2.30. The van der Waals surface area contributed by atoms with E-state index < -0.39 is 0 Å². The van der Waals surface area contributed by atoms with E-state index in [2.05, 4.69) is 54.0 Å². The maximum atomic E-state index is 10.9. The van der Waals surface area contributed by atoms with Gasteiger partial charge in [-0.15, -0.1) is 0 Å². The average molecular weight is 418 g/mol. The number of para-hydroxylation sites is 1. The van der Waals surface area contributed by atoms with Crippen LogP contribution >= 0.6 is 0 Å². The number of methoxy groups -OCH3 is 1. The van der Waals surface area contributed by atoms with Crippen molar-refractivity contribution in [1.82, 2.24) is 5.32 Å². The summed E-state index contributed by atoms with van der Waals surface area (Å²) in [6.45, 7) is 4.54. The molecule has 0 saturated carbocycles. The van der Waals surface area contributed by atoms with Crippen molar-refractivity contribution in [1.29, 1.82) is 0 Å². The number of nitrogens with one attached hydrogen (secondary N) is 1. The lowest BCUT2D eigenvalue weighted by Crippen LogP contribution is -2.90. The van der Waals surface area contributed by atoms with Gasteiger partial charge in [-0.3, -0.25) is 0 Å². The van der Waals surface area contributed by atoms with Crippen molar-refractivity contribution in [2.75, 3.05) is 13.7 Å². The van der Waals surface area contributed by atoms with Crippen molar-refractivity contribution in [2.45, 2.75) is 26.1 Å². The summed E-state index contributed by atoms with van der Waals surface area (Å²) in [7, 11) is 1.67. The summed E-state index contributed by atoms with van der Waals surface area (Å²) >= 11 is 0. The lowest BCUT2D eigenvalue weighted by atomic mass is 9.96. The van der Waals surface area contributed by atoms with Gasteiger partial charge in [0, 0.05) is 22.9 Å². The summed E-state index contributed by atoms with van der Waals surface area (Å²) in [5, 5.41) is 16.8. The third-order valence-electron chi connectivity index (χ3n) is 5.65.